The lowest BCUT2D eigenvalue weighted by Crippen LogP contribution is -2.03. The number of carboxylic acid groups (broad SMARTS) is 1. The number of nitrogens with two attached hydrogens (primary N) is 1. The number of carboxylic acids is 1. The summed E-state index contributed by atoms with van der Waals surface area (Å²) in [5.74, 6) is 3.80. The molecule has 0 spiro atoms. The van der Waals surface area contributed by atoms with Crippen LogP contribution in [0.5, 0.6) is 0 Å². The van der Waals surface area contributed by atoms with E-state index in [9.17, 15) is 4.79 Å². The predicted molar refractivity (Wildman–Crippen MR) is 34.3 cm³/mol. The molecule has 0 fully saturated rings. The lowest BCUT2D eigenvalue weighted by atomic mass is 10.3. The summed E-state index contributed by atoms with van der Waals surface area (Å²) in [4.78, 5) is 13.9. The normalized spacial score (nSPS) is 8.11. The molecule has 0 rings (SSSR count). The van der Waals surface area contributed by atoms with E-state index < -0.39 is 5.97 Å². The van der Waals surface area contributed by atoms with Gasteiger partial charge in [0.05, 0.1) is 6.61 Å². The van der Waals surface area contributed by atoms with Gasteiger partial charge in [-0.25, -0.2) is 5.90 Å². The Morgan fingerprint density at radius 3 is 2.56 bits per heavy atom. The van der Waals surface area contributed by atoms with E-state index in [1.165, 1.54) is 0 Å². The minimum Gasteiger partial charge on any atom is -0.481 e. The second kappa shape index (κ2) is 7.68. The van der Waals surface area contributed by atoms with Crippen LogP contribution in [-0.2, 0) is 9.63 Å². The molecular weight excluding hydrogens is 146 g/mol. The molecule has 0 bridgehead atoms. The smallest absolute Gasteiger partial charge is 0.303 e. The largest absolute Gasteiger partial charge is 0.481 e. The molecule has 0 aromatic heterocycles. The van der Waals surface area contributed by atoms with Crippen molar-refractivity contribution in [1.29, 1.82) is 0 Å². The van der Waals surface area contributed by atoms with Gasteiger partial charge in [0.15, 0.2) is 0 Å². The topological polar surface area (TPSA) is 72.5 Å². The maximum Gasteiger partial charge on any atom is 0.303 e. The second-order valence-corrected chi connectivity index (χ2v) is 1.37. The van der Waals surface area contributed by atoms with E-state index in [1.54, 1.807) is 0 Å². The van der Waals surface area contributed by atoms with E-state index in [-0.39, 0.29) is 18.8 Å². The first-order valence-electron chi connectivity index (χ1n) is 2.31. The Hall–Kier alpha value is -0.320. The first-order valence-corrected chi connectivity index (χ1v) is 2.31. The molecule has 0 aliphatic carbocycles. The van der Waals surface area contributed by atoms with Crippen LogP contribution in [0.1, 0.15) is 12.8 Å². The maximum absolute atomic E-state index is 9.78. The fourth-order valence-corrected chi connectivity index (χ4v) is 0.307. The summed E-state index contributed by atoms with van der Waals surface area (Å²) in [5, 5.41) is 8.04. The summed E-state index contributed by atoms with van der Waals surface area (Å²) < 4.78 is 0. The highest BCUT2D eigenvalue weighted by Gasteiger charge is 1.93. The van der Waals surface area contributed by atoms with Gasteiger partial charge in [0.1, 0.15) is 0 Å². The summed E-state index contributed by atoms with van der Waals surface area (Å²) in [6, 6.07) is 0. The number of aliphatic carboxylic acids is 1. The molecule has 0 amide bonds. The van der Waals surface area contributed by atoms with Gasteiger partial charge in [-0.1, -0.05) is 0 Å². The molecule has 0 radical (unpaired) electrons. The van der Waals surface area contributed by atoms with Crippen molar-refractivity contribution < 1.29 is 14.7 Å². The zero-order valence-corrected chi connectivity index (χ0v) is 5.69. The molecule has 4 nitrogen and oxygen atoms in total. The van der Waals surface area contributed by atoms with Crippen LogP contribution < -0.4 is 5.90 Å². The molecule has 56 valence electrons. The Labute approximate surface area is 59.4 Å². The maximum atomic E-state index is 9.78. The van der Waals surface area contributed by atoms with E-state index in [0.29, 0.717) is 13.0 Å². The van der Waals surface area contributed by atoms with Crippen molar-refractivity contribution in [2.45, 2.75) is 12.8 Å². The molecule has 0 aromatic rings. The quantitative estimate of drug-likeness (QED) is 0.448. The van der Waals surface area contributed by atoms with Gasteiger partial charge in [-0.05, 0) is 6.42 Å². The van der Waals surface area contributed by atoms with E-state index >= 15 is 0 Å². The van der Waals surface area contributed by atoms with Crippen LogP contribution in [0.2, 0.25) is 0 Å². The van der Waals surface area contributed by atoms with Crippen molar-refractivity contribution in [3.63, 3.8) is 0 Å². The van der Waals surface area contributed by atoms with Crippen LogP contribution in [0.3, 0.4) is 0 Å². The average molecular weight is 156 g/mol. The molecule has 0 atom stereocenters. The first-order chi connectivity index (χ1) is 3.77. The Balaban J connectivity index is 0. The summed E-state index contributed by atoms with van der Waals surface area (Å²) in [7, 11) is 0. The molecular formula is C4H10ClNO3. The summed E-state index contributed by atoms with van der Waals surface area (Å²) >= 11 is 0. The SMILES string of the molecule is Cl.NOCCCC(=O)O. The third kappa shape index (κ3) is 11.3. The van der Waals surface area contributed by atoms with E-state index in [4.69, 9.17) is 5.11 Å². The van der Waals surface area contributed by atoms with Crippen molar-refractivity contribution in [2.24, 2.45) is 5.90 Å². The molecule has 0 heterocycles. The van der Waals surface area contributed by atoms with E-state index in [2.05, 4.69) is 10.7 Å². The van der Waals surface area contributed by atoms with Crippen molar-refractivity contribution in [3.8, 4) is 0 Å². The Morgan fingerprint density at radius 1 is 1.67 bits per heavy atom. The molecule has 0 saturated heterocycles. The van der Waals surface area contributed by atoms with E-state index in [1.807, 2.05) is 0 Å². The zero-order chi connectivity index (χ0) is 6.41. The van der Waals surface area contributed by atoms with Crippen molar-refractivity contribution in [3.05, 3.63) is 0 Å². The summed E-state index contributed by atoms with van der Waals surface area (Å²) in [6.45, 7) is 0.312. The Morgan fingerprint density at radius 2 is 2.22 bits per heavy atom. The van der Waals surface area contributed by atoms with Crippen LogP contribution in [0, 0.1) is 0 Å². The number of halogens is 1. The van der Waals surface area contributed by atoms with Gasteiger partial charge in [0.25, 0.3) is 0 Å². The van der Waals surface area contributed by atoms with Gasteiger partial charge in [-0.2, -0.15) is 0 Å². The Kier molecular flexibility index (Phi) is 9.79. The fraction of sp³-hybridized carbons (Fsp3) is 0.750. The average Bonchev–Trinajstić information content (AvgIpc) is 1.66. The molecule has 0 aliphatic rings. The third-order valence-electron chi connectivity index (χ3n) is 0.653. The number of carbonyl (C=O) groups is 1. The molecule has 9 heavy (non-hydrogen) atoms. The van der Waals surface area contributed by atoms with Gasteiger partial charge in [-0.3, -0.25) is 4.79 Å². The van der Waals surface area contributed by atoms with Gasteiger partial charge in [-0.15, -0.1) is 12.4 Å². The number of rotatable bonds is 4. The van der Waals surface area contributed by atoms with Crippen LogP contribution in [-0.4, -0.2) is 17.7 Å². The number of hydrogen-bond donors (Lipinski definition) is 2. The lowest BCUT2D eigenvalue weighted by molar-refractivity contribution is -0.137. The first kappa shape index (κ1) is 11.5. The molecule has 0 unspecified atom stereocenters. The molecule has 0 aliphatic heterocycles. The second-order valence-electron chi connectivity index (χ2n) is 1.37. The van der Waals surface area contributed by atoms with Crippen LogP contribution in [0.4, 0.5) is 0 Å². The lowest BCUT2D eigenvalue weighted by Gasteiger charge is -1.91. The zero-order valence-electron chi connectivity index (χ0n) is 4.87. The highest BCUT2D eigenvalue weighted by Crippen LogP contribution is 1.85. The summed E-state index contributed by atoms with van der Waals surface area (Å²) in [6.07, 6.45) is 0.600. The highest BCUT2D eigenvalue weighted by molar-refractivity contribution is 5.85. The van der Waals surface area contributed by atoms with Crippen LogP contribution >= 0.6 is 12.4 Å². The predicted octanol–water partition coefficient (Wildman–Crippen LogP) is 0.163. The molecule has 5 heteroatoms. The standard InChI is InChI=1S/C4H9NO3.ClH/c5-8-3-1-2-4(6)7;/h1-3,5H2,(H,6,7);1H. The number of hydrogen-bond acceptors (Lipinski definition) is 3. The van der Waals surface area contributed by atoms with Crippen molar-refractivity contribution in [1.82, 2.24) is 0 Å². The van der Waals surface area contributed by atoms with Crippen molar-refractivity contribution in [2.75, 3.05) is 6.61 Å². The van der Waals surface area contributed by atoms with Gasteiger partial charge in [0, 0.05) is 6.42 Å². The van der Waals surface area contributed by atoms with Gasteiger partial charge in [0.2, 0.25) is 0 Å². The molecule has 0 saturated carbocycles. The van der Waals surface area contributed by atoms with Crippen LogP contribution in [0.25, 0.3) is 0 Å². The van der Waals surface area contributed by atoms with Gasteiger partial charge < -0.3 is 9.94 Å². The van der Waals surface area contributed by atoms with Crippen molar-refractivity contribution >= 4 is 18.4 Å². The third-order valence-corrected chi connectivity index (χ3v) is 0.653. The monoisotopic (exact) mass is 155 g/mol. The van der Waals surface area contributed by atoms with Crippen LogP contribution in [0.15, 0.2) is 0 Å². The minimum atomic E-state index is -0.818. The van der Waals surface area contributed by atoms with Gasteiger partial charge >= 0.3 is 5.97 Å². The summed E-state index contributed by atoms with van der Waals surface area (Å²) in [5.41, 5.74) is 0. The van der Waals surface area contributed by atoms with E-state index in [0.717, 1.165) is 0 Å². The minimum absolute atomic E-state index is 0. The molecule has 3 N–H and O–H groups in total. The molecule has 0 aromatic carbocycles. The Bertz CT molecular complexity index is 78.2. The highest BCUT2D eigenvalue weighted by atomic mass is 35.5. The fourth-order valence-electron chi connectivity index (χ4n) is 0.307.